The Morgan fingerprint density at radius 3 is 3.00 bits per heavy atom. The van der Waals surface area contributed by atoms with E-state index in [1.165, 1.54) is 0 Å². The molecule has 0 aliphatic rings. The fourth-order valence-electron chi connectivity index (χ4n) is 2.38. The molecule has 0 spiro atoms. The summed E-state index contributed by atoms with van der Waals surface area (Å²) in [5.74, 6) is 0. The third-order valence-electron chi connectivity index (χ3n) is 3.56. The van der Waals surface area contributed by atoms with Gasteiger partial charge in [-0.25, -0.2) is 9.78 Å². The van der Waals surface area contributed by atoms with Gasteiger partial charge in [-0.2, -0.15) is 0 Å². The number of benzene rings is 1. The van der Waals surface area contributed by atoms with Crippen LogP contribution in [-0.2, 0) is 6.54 Å². The second kappa shape index (κ2) is 8.38. The Bertz CT molecular complexity index is 597. The van der Waals surface area contributed by atoms with E-state index in [0.717, 1.165) is 30.4 Å². The summed E-state index contributed by atoms with van der Waals surface area (Å²) in [5, 5.41) is 14.5. The lowest BCUT2D eigenvalue weighted by Crippen LogP contribution is -2.41. The van der Waals surface area contributed by atoms with Gasteiger partial charge in [-0.05, 0) is 38.3 Å². The minimum absolute atomic E-state index is 0.0738. The number of aromatic nitrogens is 2. The highest BCUT2D eigenvalue weighted by molar-refractivity contribution is 5.75. The Morgan fingerprint density at radius 2 is 2.18 bits per heavy atom. The van der Waals surface area contributed by atoms with E-state index < -0.39 is 0 Å². The molecular weight excluding hydrogens is 280 g/mol. The smallest absolute Gasteiger partial charge is 0.314 e. The van der Waals surface area contributed by atoms with Crippen LogP contribution in [0.1, 0.15) is 26.2 Å². The number of fused-ring (bicyclic) bond motifs is 1. The minimum Gasteiger partial charge on any atom is -0.396 e. The van der Waals surface area contributed by atoms with Crippen LogP contribution in [0.4, 0.5) is 4.79 Å². The summed E-state index contributed by atoms with van der Waals surface area (Å²) >= 11 is 0. The molecule has 22 heavy (non-hydrogen) atoms. The van der Waals surface area contributed by atoms with Crippen LogP contribution >= 0.6 is 0 Å². The molecule has 1 heterocycles. The fourth-order valence-corrected chi connectivity index (χ4v) is 2.38. The van der Waals surface area contributed by atoms with Crippen LogP contribution in [-0.4, -0.2) is 39.9 Å². The first kappa shape index (κ1) is 16.3. The number of carbonyl (C=O) groups excluding carboxylic acids is 1. The topological polar surface area (TPSA) is 79.2 Å². The van der Waals surface area contributed by atoms with Crippen LogP contribution in [0, 0.1) is 0 Å². The van der Waals surface area contributed by atoms with Gasteiger partial charge in [0.15, 0.2) is 0 Å². The van der Waals surface area contributed by atoms with Gasteiger partial charge in [-0.3, -0.25) is 0 Å². The summed E-state index contributed by atoms with van der Waals surface area (Å²) in [6.45, 7) is 3.53. The quantitative estimate of drug-likeness (QED) is 0.652. The van der Waals surface area contributed by atoms with Gasteiger partial charge in [-0.15, -0.1) is 0 Å². The number of carbonyl (C=O) groups is 1. The summed E-state index contributed by atoms with van der Waals surface area (Å²) in [6.07, 6.45) is 4.17. The second-order valence-electron chi connectivity index (χ2n) is 5.45. The Morgan fingerprint density at radius 1 is 1.36 bits per heavy atom. The predicted octanol–water partition coefficient (Wildman–Crippen LogP) is 1.89. The van der Waals surface area contributed by atoms with Crippen molar-refractivity contribution >= 4 is 17.1 Å². The molecule has 1 aromatic heterocycles. The van der Waals surface area contributed by atoms with Gasteiger partial charge in [0.25, 0.3) is 0 Å². The number of imidazole rings is 1. The van der Waals surface area contributed by atoms with Crippen LogP contribution in [0.15, 0.2) is 30.6 Å². The average Bonchev–Trinajstić information content (AvgIpc) is 2.93. The molecule has 2 aromatic rings. The zero-order chi connectivity index (χ0) is 15.8. The fraction of sp³-hybridized carbons (Fsp3) is 0.500. The molecule has 1 aromatic carbocycles. The van der Waals surface area contributed by atoms with Gasteiger partial charge < -0.3 is 20.3 Å². The second-order valence-corrected chi connectivity index (χ2v) is 5.45. The molecule has 6 heteroatoms. The maximum Gasteiger partial charge on any atom is 0.314 e. The van der Waals surface area contributed by atoms with Crippen molar-refractivity contribution in [3.63, 3.8) is 0 Å². The lowest BCUT2D eigenvalue weighted by atomic mass is 10.2. The zero-order valence-corrected chi connectivity index (χ0v) is 13.0. The Kier molecular flexibility index (Phi) is 6.21. The molecule has 6 nitrogen and oxygen atoms in total. The van der Waals surface area contributed by atoms with E-state index in [4.69, 9.17) is 5.11 Å². The summed E-state index contributed by atoms with van der Waals surface area (Å²) in [4.78, 5) is 16.0. The molecule has 1 atom stereocenters. The molecule has 1 unspecified atom stereocenters. The Hall–Kier alpha value is -2.08. The number of hydrogen-bond acceptors (Lipinski definition) is 3. The third kappa shape index (κ3) is 4.73. The number of hydrogen-bond donors (Lipinski definition) is 3. The van der Waals surface area contributed by atoms with E-state index in [0.29, 0.717) is 13.0 Å². The first-order valence-corrected chi connectivity index (χ1v) is 7.76. The van der Waals surface area contributed by atoms with Crippen molar-refractivity contribution < 1.29 is 9.90 Å². The van der Waals surface area contributed by atoms with Crippen molar-refractivity contribution in [2.75, 3.05) is 13.2 Å². The maximum absolute atomic E-state index is 11.7. The zero-order valence-electron chi connectivity index (χ0n) is 13.0. The van der Waals surface area contributed by atoms with Gasteiger partial charge in [0.05, 0.1) is 17.4 Å². The lowest BCUT2D eigenvalue weighted by molar-refractivity contribution is 0.234. The Labute approximate surface area is 130 Å². The van der Waals surface area contributed by atoms with E-state index >= 15 is 0 Å². The van der Waals surface area contributed by atoms with Gasteiger partial charge >= 0.3 is 6.03 Å². The predicted molar refractivity (Wildman–Crippen MR) is 86.7 cm³/mol. The van der Waals surface area contributed by atoms with Crippen LogP contribution in [0.3, 0.4) is 0 Å². The van der Waals surface area contributed by atoms with Crippen LogP contribution < -0.4 is 10.6 Å². The van der Waals surface area contributed by atoms with Gasteiger partial charge in [-0.1, -0.05) is 12.1 Å². The van der Waals surface area contributed by atoms with Crippen LogP contribution in [0.5, 0.6) is 0 Å². The number of rotatable bonds is 8. The van der Waals surface area contributed by atoms with Gasteiger partial charge in [0, 0.05) is 25.7 Å². The normalized spacial score (nSPS) is 12.3. The number of aryl methyl sites for hydroxylation is 1. The molecule has 3 N–H and O–H groups in total. The molecule has 2 amide bonds. The lowest BCUT2D eigenvalue weighted by Gasteiger charge is -2.14. The number of nitrogens with zero attached hydrogens (tertiary/aromatic N) is 2. The Balaban J connectivity index is 1.67. The van der Waals surface area contributed by atoms with E-state index in [1.54, 1.807) is 0 Å². The standard InChI is InChI=1S/C16H24N4O2/c1-13(6-4-11-21)19-16(22)17-9-5-10-20-12-18-14-7-2-3-8-15(14)20/h2-3,7-8,12-13,21H,4-6,9-11H2,1H3,(H2,17,19,22). The molecule has 120 valence electrons. The largest absolute Gasteiger partial charge is 0.396 e. The van der Waals surface area contributed by atoms with E-state index in [-0.39, 0.29) is 18.7 Å². The van der Waals surface area contributed by atoms with Crippen LogP contribution in [0.2, 0.25) is 0 Å². The SMILES string of the molecule is CC(CCCO)NC(=O)NCCCn1cnc2ccccc21. The van der Waals surface area contributed by atoms with E-state index in [2.05, 4.69) is 20.2 Å². The minimum atomic E-state index is -0.152. The molecule has 0 aliphatic heterocycles. The first-order chi connectivity index (χ1) is 10.7. The third-order valence-corrected chi connectivity index (χ3v) is 3.56. The molecular formula is C16H24N4O2. The number of amides is 2. The van der Waals surface area contributed by atoms with Crippen molar-refractivity contribution in [1.82, 2.24) is 20.2 Å². The number of urea groups is 1. The van der Waals surface area contributed by atoms with Crippen LogP contribution in [0.25, 0.3) is 11.0 Å². The van der Waals surface area contributed by atoms with Crippen molar-refractivity contribution in [2.24, 2.45) is 0 Å². The van der Waals surface area contributed by atoms with Gasteiger partial charge in [0.2, 0.25) is 0 Å². The molecule has 0 saturated carbocycles. The van der Waals surface area contributed by atoms with Gasteiger partial charge in [0.1, 0.15) is 0 Å². The van der Waals surface area contributed by atoms with Crippen molar-refractivity contribution in [2.45, 2.75) is 38.8 Å². The molecule has 0 saturated heterocycles. The highest BCUT2D eigenvalue weighted by atomic mass is 16.3. The van der Waals surface area contributed by atoms with E-state index in [9.17, 15) is 4.79 Å². The highest BCUT2D eigenvalue weighted by Crippen LogP contribution is 2.11. The van der Waals surface area contributed by atoms with E-state index in [1.807, 2.05) is 37.5 Å². The number of aliphatic hydroxyl groups is 1. The monoisotopic (exact) mass is 304 g/mol. The summed E-state index contributed by atoms with van der Waals surface area (Å²) in [6, 6.07) is 7.94. The summed E-state index contributed by atoms with van der Waals surface area (Å²) < 4.78 is 2.10. The molecule has 0 radical (unpaired) electrons. The first-order valence-electron chi connectivity index (χ1n) is 7.76. The number of para-hydroxylation sites is 2. The maximum atomic E-state index is 11.7. The highest BCUT2D eigenvalue weighted by Gasteiger charge is 2.06. The molecule has 2 rings (SSSR count). The number of nitrogens with one attached hydrogen (secondary N) is 2. The van der Waals surface area contributed by atoms with Crippen molar-refractivity contribution in [3.05, 3.63) is 30.6 Å². The van der Waals surface area contributed by atoms with Crippen molar-refractivity contribution in [1.29, 1.82) is 0 Å². The number of aliphatic hydroxyl groups excluding tert-OH is 1. The molecule has 0 fully saturated rings. The molecule has 0 aliphatic carbocycles. The van der Waals surface area contributed by atoms with Crippen molar-refractivity contribution in [3.8, 4) is 0 Å². The summed E-state index contributed by atoms with van der Waals surface area (Å²) in [7, 11) is 0. The summed E-state index contributed by atoms with van der Waals surface area (Å²) in [5.41, 5.74) is 2.11. The average molecular weight is 304 g/mol. The molecule has 0 bridgehead atoms.